The fourth-order valence-corrected chi connectivity index (χ4v) is 2.14. The minimum absolute atomic E-state index is 0.517. The standard InChI is InChI=1S/C14H14BrNO2/c1-18-12-4-5-13(15)11(7-12)8-14(17)10-3-2-6-16-9-10/h2-7,9,14,17H,8H2,1H3. The van der Waals surface area contributed by atoms with Gasteiger partial charge >= 0.3 is 0 Å². The van der Waals surface area contributed by atoms with Crippen molar-refractivity contribution in [3.63, 3.8) is 0 Å². The predicted octanol–water partition coefficient (Wildman–Crippen LogP) is 3.13. The highest BCUT2D eigenvalue weighted by Crippen LogP contribution is 2.27. The molecule has 1 N–H and O–H groups in total. The Morgan fingerprint density at radius 1 is 1.39 bits per heavy atom. The lowest BCUT2D eigenvalue weighted by Gasteiger charge is -2.12. The number of nitrogens with zero attached hydrogens (tertiary/aromatic N) is 1. The molecule has 1 unspecified atom stereocenters. The summed E-state index contributed by atoms with van der Waals surface area (Å²) in [6.07, 6.45) is 3.32. The number of halogens is 1. The highest BCUT2D eigenvalue weighted by molar-refractivity contribution is 9.10. The van der Waals surface area contributed by atoms with E-state index in [9.17, 15) is 5.11 Å². The zero-order valence-corrected chi connectivity index (χ0v) is 11.6. The van der Waals surface area contributed by atoms with Crippen LogP contribution in [0.25, 0.3) is 0 Å². The predicted molar refractivity (Wildman–Crippen MR) is 73.6 cm³/mol. The average Bonchev–Trinajstić information content (AvgIpc) is 2.42. The van der Waals surface area contributed by atoms with Gasteiger partial charge in [0.2, 0.25) is 0 Å². The molecule has 0 aliphatic rings. The summed E-state index contributed by atoms with van der Waals surface area (Å²) in [6.45, 7) is 0. The molecule has 0 amide bonds. The van der Waals surface area contributed by atoms with Gasteiger partial charge in [-0.05, 0) is 35.4 Å². The second-order valence-electron chi connectivity index (χ2n) is 3.96. The molecule has 0 saturated heterocycles. The number of benzene rings is 1. The number of aromatic nitrogens is 1. The number of methoxy groups -OCH3 is 1. The van der Waals surface area contributed by atoms with E-state index in [0.717, 1.165) is 21.3 Å². The van der Waals surface area contributed by atoms with E-state index in [4.69, 9.17) is 4.74 Å². The van der Waals surface area contributed by atoms with E-state index in [1.54, 1.807) is 19.5 Å². The number of rotatable bonds is 4. The third-order valence-corrected chi connectivity index (χ3v) is 3.51. The first-order chi connectivity index (χ1) is 8.70. The molecule has 0 aliphatic heterocycles. The third-order valence-electron chi connectivity index (χ3n) is 2.74. The van der Waals surface area contributed by atoms with Crippen LogP contribution < -0.4 is 4.74 Å². The van der Waals surface area contributed by atoms with Gasteiger partial charge in [-0.15, -0.1) is 0 Å². The number of hydrogen-bond acceptors (Lipinski definition) is 3. The Balaban J connectivity index is 2.18. The van der Waals surface area contributed by atoms with Crippen LogP contribution >= 0.6 is 15.9 Å². The molecule has 1 heterocycles. The van der Waals surface area contributed by atoms with Crippen LogP contribution in [-0.2, 0) is 6.42 Å². The molecule has 0 saturated carbocycles. The van der Waals surface area contributed by atoms with Crippen molar-refractivity contribution in [1.82, 2.24) is 4.98 Å². The molecule has 2 aromatic rings. The first-order valence-corrected chi connectivity index (χ1v) is 6.40. The molecule has 3 nitrogen and oxygen atoms in total. The number of aliphatic hydroxyl groups excluding tert-OH is 1. The molecule has 0 aliphatic carbocycles. The fourth-order valence-electron chi connectivity index (χ4n) is 1.73. The molecule has 4 heteroatoms. The first kappa shape index (κ1) is 13.1. The molecule has 0 fully saturated rings. The van der Waals surface area contributed by atoms with Crippen LogP contribution in [0.1, 0.15) is 17.2 Å². The number of hydrogen-bond donors (Lipinski definition) is 1. The van der Waals surface area contributed by atoms with Gasteiger partial charge in [-0.3, -0.25) is 4.98 Å². The number of ether oxygens (including phenoxy) is 1. The van der Waals surface area contributed by atoms with Crippen LogP contribution in [0, 0.1) is 0 Å². The molecule has 0 radical (unpaired) electrons. The van der Waals surface area contributed by atoms with E-state index in [1.807, 2.05) is 30.3 Å². The summed E-state index contributed by atoms with van der Waals surface area (Å²) in [4.78, 5) is 4.01. The second kappa shape index (κ2) is 5.98. The average molecular weight is 308 g/mol. The molecule has 2 rings (SSSR count). The molecule has 1 aromatic heterocycles. The summed E-state index contributed by atoms with van der Waals surface area (Å²) in [5.74, 6) is 0.784. The minimum atomic E-state index is -0.567. The number of pyridine rings is 1. The molecular weight excluding hydrogens is 294 g/mol. The number of aliphatic hydroxyl groups is 1. The van der Waals surface area contributed by atoms with Crippen LogP contribution in [0.4, 0.5) is 0 Å². The van der Waals surface area contributed by atoms with Crippen LogP contribution in [0.5, 0.6) is 5.75 Å². The van der Waals surface area contributed by atoms with E-state index in [0.29, 0.717) is 6.42 Å². The maximum atomic E-state index is 10.2. The molecule has 1 atom stereocenters. The van der Waals surface area contributed by atoms with Crippen molar-refractivity contribution >= 4 is 15.9 Å². The monoisotopic (exact) mass is 307 g/mol. The van der Waals surface area contributed by atoms with Gasteiger partial charge in [0.1, 0.15) is 5.75 Å². The first-order valence-electron chi connectivity index (χ1n) is 5.61. The molecule has 0 spiro atoms. The van der Waals surface area contributed by atoms with E-state index < -0.39 is 6.10 Å². The van der Waals surface area contributed by atoms with Crippen molar-refractivity contribution < 1.29 is 9.84 Å². The largest absolute Gasteiger partial charge is 0.497 e. The van der Waals surface area contributed by atoms with E-state index in [-0.39, 0.29) is 0 Å². The van der Waals surface area contributed by atoms with E-state index in [2.05, 4.69) is 20.9 Å². The van der Waals surface area contributed by atoms with Gasteiger partial charge in [-0.1, -0.05) is 22.0 Å². The summed E-state index contributed by atoms with van der Waals surface area (Å²) >= 11 is 3.48. The molecule has 94 valence electrons. The van der Waals surface area contributed by atoms with Crippen molar-refractivity contribution in [2.45, 2.75) is 12.5 Å². The quantitative estimate of drug-likeness (QED) is 0.943. The Bertz CT molecular complexity index is 516. The minimum Gasteiger partial charge on any atom is -0.497 e. The van der Waals surface area contributed by atoms with Crippen LogP contribution in [0.2, 0.25) is 0 Å². The smallest absolute Gasteiger partial charge is 0.119 e. The van der Waals surface area contributed by atoms with Gasteiger partial charge in [0.05, 0.1) is 13.2 Å². The van der Waals surface area contributed by atoms with Gasteiger partial charge in [0.25, 0.3) is 0 Å². The topological polar surface area (TPSA) is 42.4 Å². The highest BCUT2D eigenvalue weighted by atomic mass is 79.9. The summed E-state index contributed by atoms with van der Waals surface area (Å²) in [5, 5.41) is 10.2. The molecular formula is C14H14BrNO2. The Morgan fingerprint density at radius 2 is 2.22 bits per heavy atom. The zero-order valence-electron chi connectivity index (χ0n) is 10.0. The Labute approximate surface area is 115 Å². The van der Waals surface area contributed by atoms with Crippen molar-refractivity contribution in [3.05, 3.63) is 58.3 Å². The Hall–Kier alpha value is -1.39. The molecule has 0 bridgehead atoms. The lowest BCUT2D eigenvalue weighted by atomic mass is 10.0. The maximum absolute atomic E-state index is 10.2. The van der Waals surface area contributed by atoms with Gasteiger partial charge < -0.3 is 9.84 Å². The van der Waals surface area contributed by atoms with Crippen LogP contribution in [-0.4, -0.2) is 17.2 Å². The normalized spacial score (nSPS) is 12.2. The summed E-state index contributed by atoms with van der Waals surface area (Å²) in [7, 11) is 1.63. The lowest BCUT2D eigenvalue weighted by molar-refractivity contribution is 0.178. The maximum Gasteiger partial charge on any atom is 0.119 e. The SMILES string of the molecule is COc1ccc(Br)c(CC(O)c2cccnc2)c1. The molecule has 18 heavy (non-hydrogen) atoms. The Kier molecular flexibility index (Phi) is 4.33. The van der Waals surface area contributed by atoms with Crippen LogP contribution in [0.3, 0.4) is 0 Å². The highest BCUT2D eigenvalue weighted by Gasteiger charge is 2.11. The summed E-state index contributed by atoms with van der Waals surface area (Å²) in [5.41, 5.74) is 1.82. The van der Waals surface area contributed by atoms with Crippen molar-refractivity contribution in [1.29, 1.82) is 0 Å². The van der Waals surface area contributed by atoms with E-state index >= 15 is 0 Å². The van der Waals surface area contributed by atoms with Crippen LogP contribution in [0.15, 0.2) is 47.2 Å². The lowest BCUT2D eigenvalue weighted by Crippen LogP contribution is -2.03. The van der Waals surface area contributed by atoms with Crippen molar-refractivity contribution in [3.8, 4) is 5.75 Å². The summed E-state index contributed by atoms with van der Waals surface area (Å²) < 4.78 is 6.15. The van der Waals surface area contributed by atoms with Gasteiger partial charge in [0, 0.05) is 23.3 Å². The zero-order chi connectivity index (χ0) is 13.0. The third kappa shape index (κ3) is 3.09. The van der Waals surface area contributed by atoms with Gasteiger partial charge in [-0.2, -0.15) is 0 Å². The summed E-state index contributed by atoms with van der Waals surface area (Å²) in [6, 6.07) is 9.41. The second-order valence-corrected chi connectivity index (χ2v) is 4.82. The van der Waals surface area contributed by atoms with Crippen molar-refractivity contribution in [2.75, 3.05) is 7.11 Å². The molecule has 1 aromatic carbocycles. The van der Waals surface area contributed by atoms with Gasteiger partial charge in [0.15, 0.2) is 0 Å². The van der Waals surface area contributed by atoms with E-state index in [1.165, 1.54) is 0 Å². The fraction of sp³-hybridized carbons (Fsp3) is 0.214. The van der Waals surface area contributed by atoms with Crippen molar-refractivity contribution in [2.24, 2.45) is 0 Å². The van der Waals surface area contributed by atoms with Gasteiger partial charge in [-0.25, -0.2) is 0 Å². The Morgan fingerprint density at radius 3 is 2.89 bits per heavy atom.